The van der Waals surface area contributed by atoms with E-state index in [0.29, 0.717) is 0 Å². The molecule has 1 fully saturated rings. The molecule has 0 amide bonds. The lowest BCUT2D eigenvalue weighted by atomic mass is 9.90. The highest BCUT2D eigenvalue weighted by atomic mass is 16.8. The summed E-state index contributed by atoms with van der Waals surface area (Å²) >= 11 is 0. The van der Waals surface area contributed by atoms with Crippen LogP contribution in [0.2, 0.25) is 0 Å². The first kappa shape index (κ1) is 13.0. The van der Waals surface area contributed by atoms with E-state index in [9.17, 15) is 0 Å². The van der Waals surface area contributed by atoms with E-state index in [1.807, 2.05) is 27.7 Å². The minimum Gasteiger partial charge on any atom is -0.383 e. The smallest absolute Gasteiger partial charge is 0.383 e. The summed E-state index contributed by atoms with van der Waals surface area (Å²) in [5.74, 6) is 0. The molecule has 1 rings (SSSR count). The van der Waals surface area contributed by atoms with Gasteiger partial charge in [-0.1, -0.05) is 13.3 Å². The zero-order valence-corrected chi connectivity index (χ0v) is 10.8. The molecule has 0 aromatic heterocycles. The van der Waals surface area contributed by atoms with Gasteiger partial charge in [0.2, 0.25) is 0 Å². The Labute approximate surface area is 93.7 Å². The van der Waals surface area contributed by atoms with E-state index in [0.717, 1.165) is 12.8 Å². The van der Waals surface area contributed by atoms with E-state index in [1.165, 1.54) is 0 Å². The quantitative estimate of drug-likeness (QED) is 0.673. The molecule has 88 valence electrons. The molecule has 1 heterocycles. The molecule has 15 heavy (non-hydrogen) atoms. The first-order chi connectivity index (χ1) is 6.78. The van der Waals surface area contributed by atoms with Gasteiger partial charge in [0.1, 0.15) is 0 Å². The Kier molecular flexibility index (Phi) is 3.85. The number of hydrogen-bond acceptors (Lipinski definition) is 3. The average Bonchev–Trinajstić information content (AvgIpc) is 2.19. The molecule has 0 bridgehead atoms. The van der Waals surface area contributed by atoms with Gasteiger partial charge in [-0.15, -0.1) is 0 Å². The van der Waals surface area contributed by atoms with Crippen molar-refractivity contribution in [3.8, 4) is 0 Å². The van der Waals surface area contributed by atoms with E-state index in [4.69, 9.17) is 14.0 Å². The first-order valence-corrected chi connectivity index (χ1v) is 5.79. The fraction of sp³-hybridized carbons (Fsp3) is 1.00. The molecule has 4 heteroatoms. The van der Waals surface area contributed by atoms with E-state index < -0.39 is 7.32 Å². The van der Waals surface area contributed by atoms with Gasteiger partial charge in [0.15, 0.2) is 0 Å². The van der Waals surface area contributed by atoms with Crippen LogP contribution in [-0.2, 0) is 14.0 Å². The van der Waals surface area contributed by atoms with Gasteiger partial charge in [-0.2, -0.15) is 0 Å². The zero-order valence-electron chi connectivity index (χ0n) is 10.8. The topological polar surface area (TPSA) is 27.7 Å². The Bertz CT molecular complexity index is 200. The molecule has 0 aliphatic carbocycles. The standard InChI is InChI=1S/C11H23BO3/c1-7-8-9(2)13-12-14-10(3,4)11(5,6)15-12/h9H,7-8H2,1-6H3. The second-order valence-electron chi connectivity index (χ2n) is 5.28. The third-order valence-electron chi connectivity index (χ3n) is 3.27. The van der Waals surface area contributed by atoms with Gasteiger partial charge in [0.05, 0.1) is 11.2 Å². The number of hydrogen-bond donors (Lipinski definition) is 0. The Balaban J connectivity index is 2.49. The summed E-state index contributed by atoms with van der Waals surface area (Å²) in [5.41, 5.74) is -0.604. The first-order valence-electron chi connectivity index (χ1n) is 5.79. The predicted molar refractivity (Wildman–Crippen MR) is 61.5 cm³/mol. The molecule has 0 aromatic rings. The number of rotatable bonds is 4. The van der Waals surface area contributed by atoms with Gasteiger partial charge in [-0.3, -0.25) is 0 Å². The van der Waals surface area contributed by atoms with Gasteiger partial charge >= 0.3 is 7.32 Å². The Morgan fingerprint density at radius 1 is 1.13 bits per heavy atom. The summed E-state index contributed by atoms with van der Waals surface area (Å²) in [4.78, 5) is 0. The minimum atomic E-state index is -0.517. The third kappa shape index (κ3) is 2.96. The van der Waals surface area contributed by atoms with Crippen molar-refractivity contribution < 1.29 is 14.0 Å². The van der Waals surface area contributed by atoms with Crippen molar-refractivity contribution in [2.45, 2.75) is 71.7 Å². The molecule has 0 saturated carbocycles. The molecule has 1 atom stereocenters. The van der Waals surface area contributed by atoms with Crippen molar-refractivity contribution in [1.82, 2.24) is 0 Å². The van der Waals surface area contributed by atoms with Crippen LogP contribution in [0.15, 0.2) is 0 Å². The van der Waals surface area contributed by atoms with Crippen LogP contribution in [0.4, 0.5) is 0 Å². The summed E-state index contributed by atoms with van der Waals surface area (Å²) < 4.78 is 17.2. The lowest BCUT2D eigenvalue weighted by molar-refractivity contribution is 0.00578. The predicted octanol–water partition coefficient (Wildman–Crippen LogP) is 2.78. The minimum absolute atomic E-state index is 0.185. The van der Waals surface area contributed by atoms with Gasteiger partial charge < -0.3 is 14.0 Å². The summed E-state index contributed by atoms with van der Waals surface area (Å²) in [7, 11) is -0.517. The highest BCUT2D eigenvalue weighted by Gasteiger charge is 2.53. The molecule has 3 nitrogen and oxygen atoms in total. The summed E-state index contributed by atoms with van der Waals surface area (Å²) in [6.45, 7) is 12.3. The monoisotopic (exact) mass is 214 g/mol. The SMILES string of the molecule is CCCC(C)OB1OC(C)(C)C(C)(C)O1. The van der Waals surface area contributed by atoms with Crippen LogP contribution in [0.5, 0.6) is 0 Å². The van der Waals surface area contributed by atoms with E-state index in [1.54, 1.807) is 0 Å². The Morgan fingerprint density at radius 2 is 1.60 bits per heavy atom. The van der Waals surface area contributed by atoms with Crippen LogP contribution in [0.1, 0.15) is 54.4 Å². The summed E-state index contributed by atoms with van der Waals surface area (Å²) in [6.07, 6.45) is 2.33. The molecule has 0 radical (unpaired) electrons. The maximum atomic E-state index is 5.74. The fourth-order valence-corrected chi connectivity index (χ4v) is 1.51. The Hall–Kier alpha value is -0.0551. The van der Waals surface area contributed by atoms with Crippen molar-refractivity contribution in [2.24, 2.45) is 0 Å². The van der Waals surface area contributed by atoms with Crippen molar-refractivity contribution in [3.05, 3.63) is 0 Å². The van der Waals surface area contributed by atoms with E-state index in [-0.39, 0.29) is 17.3 Å². The second kappa shape index (κ2) is 4.44. The third-order valence-corrected chi connectivity index (χ3v) is 3.27. The van der Waals surface area contributed by atoms with E-state index >= 15 is 0 Å². The normalized spacial score (nSPS) is 25.6. The maximum absolute atomic E-state index is 5.74. The van der Waals surface area contributed by atoms with Crippen LogP contribution in [0, 0.1) is 0 Å². The van der Waals surface area contributed by atoms with Crippen LogP contribution >= 0.6 is 0 Å². The molecule has 1 aliphatic heterocycles. The van der Waals surface area contributed by atoms with Gasteiger partial charge in [-0.05, 0) is 41.0 Å². The highest BCUT2D eigenvalue weighted by molar-refractivity contribution is 6.37. The molecule has 0 aromatic carbocycles. The van der Waals surface area contributed by atoms with Crippen molar-refractivity contribution >= 4 is 7.32 Å². The lowest BCUT2D eigenvalue weighted by Crippen LogP contribution is -2.41. The molecule has 1 saturated heterocycles. The Morgan fingerprint density at radius 3 is 2.00 bits per heavy atom. The molecule has 0 spiro atoms. The second-order valence-corrected chi connectivity index (χ2v) is 5.28. The van der Waals surface area contributed by atoms with Crippen molar-refractivity contribution in [3.63, 3.8) is 0 Å². The van der Waals surface area contributed by atoms with Gasteiger partial charge in [-0.25, -0.2) is 0 Å². The fourth-order valence-electron chi connectivity index (χ4n) is 1.51. The zero-order chi connectivity index (χ0) is 11.7. The average molecular weight is 214 g/mol. The van der Waals surface area contributed by atoms with Crippen molar-refractivity contribution in [1.29, 1.82) is 0 Å². The van der Waals surface area contributed by atoms with Gasteiger partial charge in [0, 0.05) is 6.10 Å². The van der Waals surface area contributed by atoms with Crippen LogP contribution in [-0.4, -0.2) is 24.6 Å². The molecule has 1 aliphatic rings. The lowest BCUT2D eigenvalue weighted by Gasteiger charge is -2.31. The largest absolute Gasteiger partial charge is 0.640 e. The molecule has 0 N–H and O–H groups in total. The van der Waals surface area contributed by atoms with Gasteiger partial charge in [0.25, 0.3) is 0 Å². The van der Waals surface area contributed by atoms with Crippen LogP contribution in [0.25, 0.3) is 0 Å². The maximum Gasteiger partial charge on any atom is 0.640 e. The molecule has 1 unspecified atom stereocenters. The molecular formula is C11H23BO3. The highest BCUT2D eigenvalue weighted by Crippen LogP contribution is 2.37. The summed E-state index contributed by atoms with van der Waals surface area (Å²) in [5, 5.41) is 0. The van der Waals surface area contributed by atoms with Crippen LogP contribution in [0.3, 0.4) is 0 Å². The van der Waals surface area contributed by atoms with Crippen LogP contribution < -0.4 is 0 Å². The molecular weight excluding hydrogens is 191 g/mol. The summed E-state index contributed by atoms with van der Waals surface area (Å²) in [6, 6.07) is 0. The van der Waals surface area contributed by atoms with Crippen molar-refractivity contribution in [2.75, 3.05) is 0 Å². The van der Waals surface area contributed by atoms with E-state index in [2.05, 4.69) is 13.8 Å².